The highest BCUT2D eigenvalue weighted by molar-refractivity contribution is 5.92. The van der Waals surface area contributed by atoms with Crippen LogP contribution < -0.4 is 11.1 Å². The van der Waals surface area contributed by atoms with Crippen molar-refractivity contribution in [2.45, 2.75) is 39.7 Å². The first kappa shape index (κ1) is 18.7. The van der Waals surface area contributed by atoms with Gasteiger partial charge in [0.2, 0.25) is 0 Å². The smallest absolute Gasteiger partial charge is 0.193 e. The number of morpholine rings is 1. The maximum atomic E-state index is 6.10. The average molecular weight is 332 g/mol. The van der Waals surface area contributed by atoms with E-state index in [1.807, 2.05) is 12.1 Å². The number of aliphatic imine (C=N–C) groups is 1. The molecule has 0 bridgehead atoms. The number of nitrogens with one attached hydrogen (secondary N) is 1. The number of anilines is 1. The van der Waals surface area contributed by atoms with Crippen molar-refractivity contribution in [3.05, 3.63) is 29.8 Å². The van der Waals surface area contributed by atoms with Gasteiger partial charge < -0.3 is 15.8 Å². The molecule has 1 aromatic carbocycles. The molecule has 5 heteroatoms. The molecule has 0 radical (unpaired) electrons. The van der Waals surface area contributed by atoms with Crippen LogP contribution in [0.4, 0.5) is 5.69 Å². The number of guanidine groups is 1. The molecule has 0 aliphatic carbocycles. The molecule has 0 saturated carbocycles. The Bertz CT molecular complexity index is 524. The van der Waals surface area contributed by atoms with E-state index in [1.165, 1.54) is 5.56 Å². The lowest BCUT2D eigenvalue weighted by Gasteiger charge is -2.34. The fraction of sp³-hybridized carbons (Fsp3) is 0.632. The van der Waals surface area contributed by atoms with Crippen LogP contribution in [0.15, 0.2) is 29.3 Å². The van der Waals surface area contributed by atoms with Crippen molar-refractivity contribution in [1.29, 1.82) is 0 Å². The molecule has 1 aliphatic heterocycles. The summed E-state index contributed by atoms with van der Waals surface area (Å²) in [4.78, 5) is 7.09. The van der Waals surface area contributed by atoms with E-state index in [4.69, 9.17) is 10.5 Å². The summed E-state index contributed by atoms with van der Waals surface area (Å²) in [6.45, 7) is 11.0. The molecule has 134 valence electrons. The minimum absolute atomic E-state index is 0.427. The van der Waals surface area contributed by atoms with E-state index >= 15 is 0 Å². The molecule has 1 saturated heterocycles. The molecule has 1 aromatic rings. The maximum Gasteiger partial charge on any atom is 0.193 e. The molecule has 0 amide bonds. The molecule has 0 aromatic heterocycles. The number of nitrogens with zero attached hydrogens (tertiary/aromatic N) is 2. The van der Waals surface area contributed by atoms with Gasteiger partial charge in [-0.25, -0.2) is 0 Å². The van der Waals surface area contributed by atoms with Crippen LogP contribution in [0.3, 0.4) is 0 Å². The Hall–Kier alpha value is -1.59. The zero-order valence-electron chi connectivity index (χ0n) is 15.3. The van der Waals surface area contributed by atoms with Crippen LogP contribution in [0.25, 0.3) is 0 Å². The highest BCUT2D eigenvalue weighted by atomic mass is 16.5. The van der Waals surface area contributed by atoms with Gasteiger partial charge in [0.1, 0.15) is 0 Å². The number of hydrogen-bond acceptors (Lipinski definition) is 3. The van der Waals surface area contributed by atoms with Crippen LogP contribution >= 0.6 is 0 Å². The Morgan fingerprint density at radius 1 is 1.33 bits per heavy atom. The first-order valence-corrected chi connectivity index (χ1v) is 9.06. The van der Waals surface area contributed by atoms with Crippen molar-refractivity contribution in [2.24, 2.45) is 16.6 Å². The Labute approximate surface area is 146 Å². The lowest BCUT2D eigenvalue weighted by atomic mass is 10.0. The zero-order chi connectivity index (χ0) is 17.4. The van der Waals surface area contributed by atoms with Gasteiger partial charge in [0.05, 0.1) is 19.8 Å². The van der Waals surface area contributed by atoms with Gasteiger partial charge >= 0.3 is 0 Å². The van der Waals surface area contributed by atoms with Crippen LogP contribution in [-0.2, 0) is 11.2 Å². The lowest BCUT2D eigenvalue weighted by molar-refractivity contribution is 0.0143. The number of hydrogen-bond donors (Lipinski definition) is 2. The number of rotatable bonds is 7. The van der Waals surface area contributed by atoms with Crippen LogP contribution in [0.2, 0.25) is 0 Å². The third-order valence-electron chi connectivity index (χ3n) is 4.39. The molecule has 1 aliphatic rings. The lowest BCUT2D eigenvalue weighted by Crippen LogP contribution is -2.45. The van der Waals surface area contributed by atoms with E-state index in [1.54, 1.807) is 0 Å². The van der Waals surface area contributed by atoms with Gasteiger partial charge in [0.25, 0.3) is 0 Å². The van der Waals surface area contributed by atoms with Gasteiger partial charge in [0, 0.05) is 24.8 Å². The van der Waals surface area contributed by atoms with Crippen molar-refractivity contribution in [1.82, 2.24) is 4.90 Å². The number of nitrogens with two attached hydrogens (primary N) is 1. The van der Waals surface area contributed by atoms with Gasteiger partial charge in [0.15, 0.2) is 5.96 Å². The number of aryl methyl sites for hydroxylation is 1. The fourth-order valence-electron chi connectivity index (χ4n) is 3.09. The Kier molecular flexibility index (Phi) is 7.53. The van der Waals surface area contributed by atoms with Crippen LogP contribution in [-0.4, -0.2) is 49.7 Å². The summed E-state index contributed by atoms with van der Waals surface area (Å²) >= 11 is 0. The largest absolute Gasteiger partial charge is 0.379 e. The van der Waals surface area contributed by atoms with Gasteiger partial charge in [-0.15, -0.1) is 0 Å². The Morgan fingerprint density at radius 2 is 2.08 bits per heavy atom. The van der Waals surface area contributed by atoms with Crippen LogP contribution in [0.1, 0.15) is 32.8 Å². The van der Waals surface area contributed by atoms with Crippen molar-refractivity contribution in [3.63, 3.8) is 0 Å². The summed E-state index contributed by atoms with van der Waals surface area (Å²) < 4.78 is 5.47. The summed E-state index contributed by atoms with van der Waals surface area (Å²) in [6, 6.07) is 8.74. The zero-order valence-corrected chi connectivity index (χ0v) is 15.3. The highest BCUT2D eigenvalue weighted by Crippen LogP contribution is 2.14. The minimum atomic E-state index is 0.427. The summed E-state index contributed by atoms with van der Waals surface area (Å²) in [7, 11) is 0. The normalized spacial score (nSPS) is 17.9. The Morgan fingerprint density at radius 3 is 2.75 bits per heavy atom. The molecule has 2 rings (SSSR count). The second kappa shape index (κ2) is 9.64. The van der Waals surface area contributed by atoms with Gasteiger partial charge in [-0.05, 0) is 36.5 Å². The Balaban J connectivity index is 1.95. The van der Waals surface area contributed by atoms with Crippen LogP contribution in [0.5, 0.6) is 0 Å². The SMILES string of the molecule is CCc1cccc(NC(N)=NCC(CC(C)C)N2CCOCC2)c1. The van der Waals surface area contributed by atoms with Crippen molar-refractivity contribution in [2.75, 3.05) is 38.2 Å². The maximum absolute atomic E-state index is 6.10. The molecular weight excluding hydrogens is 300 g/mol. The predicted molar refractivity (Wildman–Crippen MR) is 102 cm³/mol. The van der Waals surface area contributed by atoms with E-state index in [-0.39, 0.29) is 0 Å². The summed E-state index contributed by atoms with van der Waals surface area (Å²) in [5, 5.41) is 3.21. The first-order chi connectivity index (χ1) is 11.6. The highest BCUT2D eigenvalue weighted by Gasteiger charge is 2.21. The molecule has 1 atom stereocenters. The fourth-order valence-corrected chi connectivity index (χ4v) is 3.09. The van der Waals surface area contributed by atoms with E-state index in [0.717, 1.165) is 51.4 Å². The third kappa shape index (κ3) is 6.13. The molecule has 24 heavy (non-hydrogen) atoms. The van der Waals surface area contributed by atoms with Crippen LogP contribution in [0, 0.1) is 5.92 Å². The molecule has 5 nitrogen and oxygen atoms in total. The molecule has 1 fully saturated rings. The van der Waals surface area contributed by atoms with E-state index in [9.17, 15) is 0 Å². The van der Waals surface area contributed by atoms with Crippen molar-refractivity contribution < 1.29 is 4.74 Å². The second-order valence-electron chi connectivity index (χ2n) is 6.84. The quantitative estimate of drug-likeness (QED) is 0.595. The first-order valence-electron chi connectivity index (χ1n) is 9.06. The monoisotopic (exact) mass is 332 g/mol. The molecule has 0 spiro atoms. The van der Waals surface area contributed by atoms with E-state index < -0.39 is 0 Å². The molecular formula is C19H32N4O. The van der Waals surface area contributed by atoms with Gasteiger partial charge in [-0.3, -0.25) is 9.89 Å². The van der Waals surface area contributed by atoms with E-state index in [0.29, 0.717) is 17.9 Å². The average Bonchev–Trinajstić information content (AvgIpc) is 2.59. The van der Waals surface area contributed by atoms with Gasteiger partial charge in [-0.1, -0.05) is 32.9 Å². The van der Waals surface area contributed by atoms with Crippen molar-refractivity contribution >= 4 is 11.6 Å². The second-order valence-corrected chi connectivity index (χ2v) is 6.84. The van der Waals surface area contributed by atoms with E-state index in [2.05, 4.69) is 48.1 Å². The summed E-state index contributed by atoms with van der Waals surface area (Å²) in [6.07, 6.45) is 2.14. The molecule has 1 unspecified atom stereocenters. The predicted octanol–water partition coefficient (Wildman–Crippen LogP) is 2.72. The third-order valence-corrected chi connectivity index (χ3v) is 4.39. The summed E-state index contributed by atoms with van der Waals surface area (Å²) in [5.74, 6) is 1.13. The van der Waals surface area contributed by atoms with Gasteiger partial charge in [-0.2, -0.15) is 0 Å². The number of benzene rings is 1. The minimum Gasteiger partial charge on any atom is -0.379 e. The summed E-state index contributed by atoms with van der Waals surface area (Å²) in [5.41, 5.74) is 8.39. The number of ether oxygens (including phenoxy) is 1. The standard InChI is InChI=1S/C19H32N4O/c1-4-16-6-5-7-17(13-16)22-19(20)21-14-18(12-15(2)3)23-8-10-24-11-9-23/h5-7,13,15,18H,4,8-12,14H2,1-3H3,(H3,20,21,22). The topological polar surface area (TPSA) is 62.9 Å². The molecule has 3 N–H and O–H groups in total. The van der Waals surface area contributed by atoms with Crippen molar-refractivity contribution in [3.8, 4) is 0 Å². The molecule has 1 heterocycles.